The number of aromatic carboxylic acids is 1. The minimum Gasteiger partial charge on any atom is -0.508 e. The Morgan fingerprint density at radius 3 is 3.00 bits per heavy atom. The van der Waals surface area contributed by atoms with Crippen LogP contribution >= 0.6 is 0 Å². The van der Waals surface area contributed by atoms with Crippen LogP contribution in [-0.2, 0) is 0 Å². The molecule has 1 saturated heterocycles. The highest BCUT2D eigenvalue weighted by atomic mass is 16.4. The highest BCUT2D eigenvalue weighted by Gasteiger charge is 2.28. The first-order valence-corrected chi connectivity index (χ1v) is 6.76. The van der Waals surface area contributed by atoms with Crippen molar-refractivity contribution in [2.75, 3.05) is 19.6 Å². The number of likely N-dealkylation sites (N-methyl/N-ethyl adjacent to an activating group) is 1. The lowest BCUT2D eigenvalue weighted by molar-refractivity contribution is 0.0693. The van der Waals surface area contributed by atoms with Crippen LogP contribution in [0.4, 0.5) is 0 Å². The molecule has 0 radical (unpaired) electrons. The number of aromatic hydroxyl groups is 1. The molecule has 6 nitrogen and oxygen atoms in total. The van der Waals surface area contributed by atoms with E-state index < -0.39 is 5.97 Å². The van der Waals surface area contributed by atoms with E-state index in [1.165, 1.54) is 6.07 Å². The molecule has 2 aromatic heterocycles. The van der Waals surface area contributed by atoms with Crippen molar-refractivity contribution in [1.82, 2.24) is 14.3 Å². The van der Waals surface area contributed by atoms with Gasteiger partial charge >= 0.3 is 5.97 Å². The molecule has 106 valence electrons. The lowest BCUT2D eigenvalue weighted by Crippen LogP contribution is -2.19. The van der Waals surface area contributed by atoms with E-state index in [1.807, 2.05) is 0 Å². The van der Waals surface area contributed by atoms with Crippen LogP contribution in [0.5, 0.6) is 5.75 Å². The molecular weight excluding hydrogens is 258 g/mol. The van der Waals surface area contributed by atoms with Gasteiger partial charge in [-0.15, -0.1) is 0 Å². The van der Waals surface area contributed by atoms with Crippen LogP contribution in [0.2, 0.25) is 0 Å². The number of carboxylic acid groups (broad SMARTS) is 1. The summed E-state index contributed by atoms with van der Waals surface area (Å²) in [7, 11) is 0. The Hall–Kier alpha value is -2.08. The van der Waals surface area contributed by atoms with Gasteiger partial charge in [-0.2, -0.15) is 0 Å². The van der Waals surface area contributed by atoms with Gasteiger partial charge in [0.05, 0.1) is 5.52 Å². The minimum atomic E-state index is -1.07. The van der Waals surface area contributed by atoms with E-state index in [0.717, 1.165) is 31.9 Å². The molecule has 0 bridgehead atoms. The third kappa shape index (κ3) is 2.02. The predicted molar refractivity (Wildman–Crippen MR) is 73.3 cm³/mol. The lowest BCUT2D eigenvalue weighted by Gasteiger charge is -2.12. The molecule has 1 unspecified atom stereocenters. The summed E-state index contributed by atoms with van der Waals surface area (Å²) in [4.78, 5) is 17.9. The zero-order valence-electron chi connectivity index (χ0n) is 11.3. The molecule has 1 atom stereocenters. The largest absolute Gasteiger partial charge is 0.508 e. The fourth-order valence-electron chi connectivity index (χ4n) is 2.87. The van der Waals surface area contributed by atoms with E-state index in [9.17, 15) is 15.0 Å². The van der Waals surface area contributed by atoms with Crippen molar-refractivity contribution >= 4 is 11.5 Å². The molecule has 20 heavy (non-hydrogen) atoms. The molecule has 0 spiro atoms. The zero-order valence-corrected chi connectivity index (χ0v) is 11.3. The summed E-state index contributed by atoms with van der Waals surface area (Å²) < 4.78 is 1.78. The number of pyridine rings is 1. The second-order valence-electron chi connectivity index (χ2n) is 5.14. The fraction of sp³-hybridized carbons (Fsp3) is 0.429. The summed E-state index contributed by atoms with van der Waals surface area (Å²) in [6.45, 7) is 5.02. The maximum atomic E-state index is 11.3. The number of hydrogen-bond acceptors (Lipinski definition) is 4. The highest BCUT2D eigenvalue weighted by molar-refractivity contribution is 5.94. The van der Waals surface area contributed by atoms with Crippen molar-refractivity contribution in [3.05, 3.63) is 29.8 Å². The Morgan fingerprint density at radius 1 is 1.55 bits per heavy atom. The normalized spacial score (nSPS) is 19.8. The Bertz CT molecular complexity index is 665. The minimum absolute atomic E-state index is 0.00542. The first-order chi connectivity index (χ1) is 9.60. The molecule has 3 heterocycles. The molecule has 3 rings (SSSR count). The smallest absolute Gasteiger partial charge is 0.356 e. The Balaban J connectivity index is 2.10. The number of carboxylic acids is 1. The third-order valence-electron chi connectivity index (χ3n) is 3.94. The van der Waals surface area contributed by atoms with Gasteiger partial charge in [0.1, 0.15) is 11.6 Å². The van der Waals surface area contributed by atoms with Gasteiger partial charge in [0, 0.05) is 24.7 Å². The molecule has 0 aromatic carbocycles. The van der Waals surface area contributed by atoms with Gasteiger partial charge in [0.2, 0.25) is 0 Å². The molecule has 1 aliphatic heterocycles. The van der Waals surface area contributed by atoms with Gasteiger partial charge in [-0.25, -0.2) is 9.78 Å². The van der Waals surface area contributed by atoms with Crippen molar-refractivity contribution in [3.8, 4) is 5.75 Å². The summed E-state index contributed by atoms with van der Waals surface area (Å²) in [6, 6.07) is 3.00. The standard InChI is InChI=1S/C14H17N3O3/c1-2-16-5-3-9(8-16)13-15-12(14(19)20)11-7-10(18)4-6-17(11)13/h4,6-7,9,18H,2-3,5,8H2,1H3,(H,19,20). The van der Waals surface area contributed by atoms with Gasteiger partial charge in [0.15, 0.2) is 5.69 Å². The van der Waals surface area contributed by atoms with Crippen molar-refractivity contribution in [2.45, 2.75) is 19.3 Å². The van der Waals surface area contributed by atoms with Crippen molar-refractivity contribution in [2.24, 2.45) is 0 Å². The number of rotatable bonds is 3. The molecule has 1 aliphatic rings. The number of likely N-dealkylation sites (tertiary alicyclic amines) is 1. The quantitative estimate of drug-likeness (QED) is 0.888. The topological polar surface area (TPSA) is 78.1 Å². The van der Waals surface area contributed by atoms with Crippen LogP contribution in [0.25, 0.3) is 5.52 Å². The molecule has 0 saturated carbocycles. The summed E-state index contributed by atoms with van der Waals surface area (Å²) in [5.74, 6) is -0.00815. The van der Waals surface area contributed by atoms with Crippen molar-refractivity contribution < 1.29 is 15.0 Å². The summed E-state index contributed by atoms with van der Waals surface area (Å²) >= 11 is 0. The SMILES string of the molecule is CCN1CCC(c2nc(C(=O)O)c3cc(O)ccn23)C1. The van der Waals surface area contributed by atoms with Crippen LogP contribution in [0.3, 0.4) is 0 Å². The van der Waals surface area contributed by atoms with E-state index in [1.54, 1.807) is 16.7 Å². The number of carbonyl (C=O) groups is 1. The van der Waals surface area contributed by atoms with Gasteiger partial charge < -0.3 is 19.5 Å². The van der Waals surface area contributed by atoms with E-state index in [2.05, 4.69) is 16.8 Å². The molecular formula is C14H17N3O3. The number of hydrogen-bond donors (Lipinski definition) is 2. The van der Waals surface area contributed by atoms with Crippen LogP contribution in [-0.4, -0.2) is 50.1 Å². The monoisotopic (exact) mass is 275 g/mol. The van der Waals surface area contributed by atoms with Crippen LogP contribution in [0, 0.1) is 0 Å². The van der Waals surface area contributed by atoms with Crippen LogP contribution in [0.15, 0.2) is 18.3 Å². The Kier molecular flexibility index (Phi) is 3.10. The van der Waals surface area contributed by atoms with Crippen LogP contribution < -0.4 is 0 Å². The van der Waals surface area contributed by atoms with Crippen LogP contribution in [0.1, 0.15) is 35.6 Å². The van der Waals surface area contributed by atoms with Gasteiger partial charge in [-0.1, -0.05) is 6.92 Å². The van der Waals surface area contributed by atoms with E-state index >= 15 is 0 Å². The molecule has 1 fully saturated rings. The summed E-state index contributed by atoms with van der Waals surface area (Å²) in [5.41, 5.74) is 0.452. The zero-order chi connectivity index (χ0) is 14.3. The van der Waals surface area contributed by atoms with Gasteiger partial charge in [-0.3, -0.25) is 0 Å². The maximum Gasteiger partial charge on any atom is 0.356 e. The highest BCUT2D eigenvalue weighted by Crippen LogP contribution is 2.29. The third-order valence-corrected chi connectivity index (χ3v) is 3.94. The maximum absolute atomic E-state index is 11.3. The summed E-state index contributed by atoms with van der Waals surface area (Å²) in [6.07, 6.45) is 2.67. The Labute approximate surface area is 116 Å². The number of aromatic nitrogens is 2. The average molecular weight is 275 g/mol. The Morgan fingerprint density at radius 2 is 2.35 bits per heavy atom. The second-order valence-corrected chi connectivity index (χ2v) is 5.14. The molecule has 6 heteroatoms. The van der Waals surface area contributed by atoms with Crippen molar-refractivity contribution in [3.63, 3.8) is 0 Å². The molecule has 2 aromatic rings. The average Bonchev–Trinajstić information content (AvgIpc) is 3.01. The molecule has 2 N–H and O–H groups in total. The first-order valence-electron chi connectivity index (χ1n) is 6.76. The van der Waals surface area contributed by atoms with E-state index in [-0.39, 0.29) is 17.4 Å². The lowest BCUT2D eigenvalue weighted by atomic mass is 10.1. The first kappa shape index (κ1) is 12.9. The van der Waals surface area contributed by atoms with Crippen molar-refractivity contribution in [1.29, 1.82) is 0 Å². The van der Waals surface area contributed by atoms with E-state index in [0.29, 0.717) is 5.52 Å². The number of imidazole rings is 1. The second kappa shape index (κ2) is 4.79. The number of fused-ring (bicyclic) bond motifs is 1. The molecule has 0 aliphatic carbocycles. The van der Waals surface area contributed by atoms with Gasteiger partial charge in [0.25, 0.3) is 0 Å². The van der Waals surface area contributed by atoms with E-state index in [4.69, 9.17) is 0 Å². The fourth-order valence-corrected chi connectivity index (χ4v) is 2.87. The molecule has 0 amide bonds. The predicted octanol–water partition coefficient (Wildman–Crippen LogP) is 1.55. The van der Waals surface area contributed by atoms with Gasteiger partial charge in [-0.05, 0) is 25.6 Å². The summed E-state index contributed by atoms with van der Waals surface area (Å²) in [5, 5.41) is 18.8. The number of nitrogens with zero attached hydrogens (tertiary/aromatic N) is 3.